The Hall–Kier alpha value is -1.22. The number of aromatic nitrogens is 2. The standard InChI is InChI=1S/C10H10ClN3O3S2/c1-6(10-12-2-3-18-10)14-19(16,17)7-4-8(11)9(15)13-5-7/h2-6,14H,1H3,(H,13,15). The van der Waals surface area contributed by atoms with Gasteiger partial charge in [-0.2, -0.15) is 0 Å². The summed E-state index contributed by atoms with van der Waals surface area (Å²) in [5.74, 6) is 0. The lowest BCUT2D eigenvalue weighted by Gasteiger charge is -2.11. The van der Waals surface area contributed by atoms with Gasteiger partial charge in [-0.05, 0) is 13.0 Å². The van der Waals surface area contributed by atoms with Crippen molar-refractivity contribution in [1.82, 2.24) is 14.7 Å². The molecule has 2 heterocycles. The molecule has 0 radical (unpaired) electrons. The molecule has 0 spiro atoms. The summed E-state index contributed by atoms with van der Waals surface area (Å²) in [6.07, 6.45) is 2.70. The second-order valence-corrected chi connectivity index (χ2v) is 6.77. The highest BCUT2D eigenvalue weighted by Gasteiger charge is 2.20. The molecule has 19 heavy (non-hydrogen) atoms. The molecule has 2 N–H and O–H groups in total. The summed E-state index contributed by atoms with van der Waals surface area (Å²) in [7, 11) is -3.76. The van der Waals surface area contributed by atoms with Gasteiger partial charge >= 0.3 is 0 Å². The van der Waals surface area contributed by atoms with E-state index in [1.807, 2.05) is 0 Å². The summed E-state index contributed by atoms with van der Waals surface area (Å²) in [6, 6.07) is 0.646. The van der Waals surface area contributed by atoms with Crippen LogP contribution in [0.15, 0.2) is 33.5 Å². The Labute approximate surface area is 118 Å². The van der Waals surface area contributed by atoms with E-state index in [1.54, 1.807) is 18.5 Å². The van der Waals surface area contributed by atoms with Gasteiger partial charge in [0, 0.05) is 17.8 Å². The summed E-state index contributed by atoms with van der Waals surface area (Å²) in [6.45, 7) is 1.68. The molecule has 6 nitrogen and oxygen atoms in total. The van der Waals surface area contributed by atoms with Crippen LogP contribution in [-0.2, 0) is 10.0 Å². The Morgan fingerprint density at radius 2 is 2.26 bits per heavy atom. The molecule has 0 aliphatic carbocycles. The first kappa shape index (κ1) is 14.2. The summed E-state index contributed by atoms with van der Waals surface area (Å²) < 4.78 is 26.6. The number of halogens is 1. The van der Waals surface area contributed by atoms with Gasteiger partial charge in [-0.25, -0.2) is 18.1 Å². The zero-order valence-electron chi connectivity index (χ0n) is 9.75. The van der Waals surface area contributed by atoms with Gasteiger partial charge in [0.15, 0.2) is 0 Å². The van der Waals surface area contributed by atoms with Gasteiger partial charge < -0.3 is 4.98 Å². The number of H-pyrrole nitrogens is 1. The number of aromatic amines is 1. The molecule has 0 bridgehead atoms. The molecule has 0 saturated carbocycles. The molecule has 0 fully saturated rings. The van der Waals surface area contributed by atoms with E-state index in [4.69, 9.17) is 11.6 Å². The van der Waals surface area contributed by atoms with E-state index < -0.39 is 21.6 Å². The van der Waals surface area contributed by atoms with Crippen LogP contribution in [0.3, 0.4) is 0 Å². The predicted octanol–water partition coefficient (Wildman–Crippen LogP) is 1.52. The zero-order valence-corrected chi connectivity index (χ0v) is 12.1. The number of hydrogen-bond donors (Lipinski definition) is 2. The van der Waals surface area contributed by atoms with Crippen molar-refractivity contribution in [2.24, 2.45) is 0 Å². The third-order valence-electron chi connectivity index (χ3n) is 2.30. The van der Waals surface area contributed by atoms with Crippen molar-refractivity contribution in [3.63, 3.8) is 0 Å². The molecule has 9 heteroatoms. The van der Waals surface area contributed by atoms with Gasteiger partial charge in [0.05, 0.1) is 10.9 Å². The Kier molecular flexibility index (Phi) is 4.04. The maximum atomic E-state index is 12.1. The summed E-state index contributed by atoms with van der Waals surface area (Å²) in [4.78, 5) is 17.3. The second-order valence-electron chi connectivity index (χ2n) is 3.73. The quantitative estimate of drug-likeness (QED) is 0.893. The molecular formula is C10H10ClN3O3S2. The fourth-order valence-electron chi connectivity index (χ4n) is 1.39. The molecule has 0 aromatic carbocycles. The van der Waals surface area contributed by atoms with Crippen LogP contribution in [0.4, 0.5) is 0 Å². The molecule has 1 atom stereocenters. The van der Waals surface area contributed by atoms with E-state index in [0.29, 0.717) is 5.01 Å². The van der Waals surface area contributed by atoms with Crippen molar-refractivity contribution in [3.8, 4) is 0 Å². The topological polar surface area (TPSA) is 91.9 Å². The molecule has 2 rings (SSSR count). The van der Waals surface area contributed by atoms with E-state index >= 15 is 0 Å². The van der Waals surface area contributed by atoms with E-state index in [2.05, 4.69) is 14.7 Å². The lowest BCUT2D eigenvalue weighted by Crippen LogP contribution is -2.27. The lowest BCUT2D eigenvalue weighted by molar-refractivity contribution is 0.566. The van der Waals surface area contributed by atoms with Crippen molar-refractivity contribution >= 4 is 33.0 Å². The normalized spacial score (nSPS) is 13.4. The largest absolute Gasteiger partial charge is 0.326 e. The molecule has 0 saturated heterocycles. The van der Waals surface area contributed by atoms with Crippen LogP contribution in [0.2, 0.25) is 5.02 Å². The summed E-state index contributed by atoms with van der Waals surface area (Å²) >= 11 is 6.96. The van der Waals surface area contributed by atoms with E-state index in [1.165, 1.54) is 11.3 Å². The minimum Gasteiger partial charge on any atom is -0.326 e. The van der Waals surface area contributed by atoms with Crippen LogP contribution in [0, 0.1) is 0 Å². The average Bonchev–Trinajstić information content (AvgIpc) is 2.85. The molecule has 0 aliphatic heterocycles. The SMILES string of the molecule is CC(NS(=O)(=O)c1c[nH]c(=O)c(Cl)c1)c1nccs1. The predicted molar refractivity (Wildman–Crippen MR) is 72.9 cm³/mol. The van der Waals surface area contributed by atoms with Gasteiger partial charge in [0.25, 0.3) is 5.56 Å². The molecular weight excluding hydrogens is 310 g/mol. The number of sulfonamides is 1. The Morgan fingerprint density at radius 3 is 2.84 bits per heavy atom. The van der Waals surface area contributed by atoms with Gasteiger partial charge in [0.2, 0.25) is 10.0 Å². The maximum absolute atomic E-state index is 12.1. The summed E-state index contributed by atoms with van der Waals surface area (Å²) in [5.41, 5.74) is -0.534. The van der Waals surface area contributed by atoms with Crippen LogP contribution in [0.5, 0.6) is 0 Å². The Bertz CT molecular complexity index is 725. The fraction of sp³-hybridized carbons (Fsp3) is 0.200. The highest BCUT2D eigenvalue weighted by Crippen LogP contribution is 2.18. The smallest absolute Gasteiger partial charge is 0.266 e. The highest BCUT2D eigenvalue weighted by atomic mass is 35.5. The van der Waals surface area contributed by atoms with Gasteiger partial charge in [-0.3, -0.25) is 4.79 Å². The molecule has 0 amide bonds. The molecule has 0 aliphatic rings. The van der Waals surface area contributed by atoms with Crippen LogP contribution >= 0.6 is 22.9 Å². The van der Waals surface area contributed by atoms with Crippen molar-refractivity contribution in [2.45, 2.75) is 17.9 Å². The van der Waals surface area contributed by atoms with E-state index in [0.717, 1.165) is 12.3 Å². The summed E-state index contributed by atoms with van der Waals surface area (Å²) in [5, 5.41) is 2.24. The van der Waals surface area contributed by atoms with Crippen LogP contribution in [-0.4, -0.2) is 18.4 Å². The third-order valence-corrected chi connectivity index (χ3v) is 5.05. The second kappa shape index (κ2) is 5.41. The Balaban J connectivity index is 2.27. The number of nitrogens with one attached hydrogen (secondary N) is 2. The first-order valence-corrected chi connectivity index (χ1v) is 7.94. The minimum atomic E-state index is -3.76. The molecule has 1 unspecified atom stereocenters. The lowest BCUT2D eigenvalue weighted by atomic mass is 10.4. The average molecular weight is 320 g/mol. The zero-order chi connectivity index (χ0) is 14.0. The minimum absolute atomic E-state index is 0.0968. The molecule has 102 valence electrons. The number of hydrogen-bond acceptors (Lipinski definition) is 5. The number of rotatable bonds is 4. The molecule has 2 aromatic rings. The van der Waals surface area contributed by atoms with Crippen molar-refractivity contribution in [1.29, 1.82) is 0 Å². The van der Waals surface area contributed by atoms with Gasteiger partial charge in [-0.1, -0.05) is 11.6 Å². The fourth-order valence-corrected chi connectivity index (χ4v) is 3.55. The number of pyridine rings is 1. The monoisotopic (exact) mass is 319 g/mol. The van der Waals surface area contributed by atoms with Crippen molar-refractivity contribution in [3.05, 3.63) is 44.2 Å². The first-order valence-electron chi connectivity index (χ1n) is 5.20. The van der Waals surface area contributed by atoms with E-state index in [-0.39, 0.29) is 9.92 Å². The first-order chi connectivity index (χ1) is 8.90. The third kappa shape index (κ3) is 3.21. The maximum Gasteiger partial charge on any atom is 0.266 e. The number of nitrogens with zero attached hydrogens (tertiary/aromatic N) is 1. The van der Waals surface area contributed by atoms with Gasteiger partial charge in [0.1, 0.15) is 10.0 Å². The van der Waals surface area contributed by atoms with Crippen LogP contribution in [0.25, 0.3) is 0 Å². The van der Waals surface area contributed by atoms with Crippen molar-refractivity contribution < 1.29 is 8.42 Å². The highest BCUT2D eigenvalue weighted by molar-refractivity contribution is 7.89. The molecule has 2 aromatic heterocycles. The van der Waals surface area contributed by atoms with Crippen LogP contribution < -0.4 is 10.3 Å². The van der Waals surface area contributed by atoms with Gasteiger partial charge in [-0.15, -0.1) is 11.3 Å². The van der Waals surface area contributed by atoms with Crippen LogP contribution in [0.1, 0.15) is 18.0 Å². The van der Waals surface area contributed by atoms with E-state index in [9.17, 15) is 13.2 Å². The van der Waals surface area contributed by atoms with Crippen molar-refractivity contribution in [2.75, 3.05) is 0 Å². The Morgan fingerprint density at radius 1 is 1.53 bits per heavy atom. The number of thiazole rings is 1.